The van der Waals surface area contributed by atoms with Gasteiger partial charge in [-0.05, 0) is 18.3 Å². The predicted molar refractivity (Wildman–Crippen MR) is 64.6 cm³/mol. The topological polar surface area (TPSA) is 66.4 Å². The molecule has 16 heavy (non-hydrogen) atoms. The quantitative estimate of drug-likeness (QED) is 0.791. The number of aliphatic hydroxyl groups excluding tert-OH is 1. The lowest BCUT2D eigenvalue weighted by Gasteiger charge is -2.29. The SMILES string of the molecule is CC(C)(C)CS(=O)(=O)NC1CCCCC1O. The Bertz CT molecular complexity index is 319. The van der Waals surface area contributed by atoms with E-state index in [2.05, 4.69) is 4.72 Å². The maximum Gasteiger partial charge on any atom is 0.212 e. The normalized spacial score (nSPS) is 28.0. The van der Waals surface area contributed by atoms with Crippen molar-refractivity contribution >= 4 is 10.0 Å². The lowest BCUT2D eigenvalue weighted by atomic mass is 9.93. The summed E-state index contributed by atoms with van der Waals surface area (Å²) in [4.78, 5) is 0. The highest BCUT2D eigenvalue weighted by atomic mass is 32.2. The molecule has 0 radical (unpaired) electrons. The Morgan fingerprint density at radius 3 is 2.31 bits per heavy atom. The zero-order valence-electron chi connectivity index (χ0n) is 10.4. The highest BCUT2D eigenvalue weighted by molar-refractivity contribution is 7.89. The van der Waals surface area contributed by atoms with E-state index in [1.165, 1.54) is 0 Å². The summed E-state index contributed by atoms with van der Waals surface area (Å²) in [6.07, 6.45) is 2.88. The van der Waals surface area contributed by atoms with Gasteiger partial charge in [0.1, 0.15) is 0 Å². The van der Waals surface area contributed by atoms with Gasteiger partial charge < -0.3 is 5.11 Å². The Hall–Kier alpha value is -0.130. The second-order valence-corrected chi connectivity index (χ2v) is 7.65. The van der Waals surface area contributed by atoms with Crippen LogP contribution in [-0.4, -0.2) is 31.4 Å². The van der Waals surface area contributed by atoms with Crippen LogP contribution in [0.4, 0.5) is 0 Å². The fraction of sp³-hybridized carbons (Fsp3) is 1.00. The van der Waals surface area contributed by atoms with Crippen molar-refractivity contribution in [3.63, 3.8) is 0 Å². The van der Waals surface area contributed by atoms with Gasteiger partial charge in [0.05, 0.1) is 11.9 Å². The Kier molecular flexibility index (Phi) is 4.37. The van der Waals surface area contributed by atoms with Crippen LogP contribution in [0.2, 0.25) is 0 Å². The number of hydrogen-bond acceptors (Lipinski definition) is 3. The standard InChI is InChI=1S/C11H23NO3S/c1-11(2,3)8-16(14,15)12-9-6-4-5-7-10(9)13/h9-10,12-13H,4-8H2,1-3H3. The van der Waals surface area contributed by atoms with Gasteiger partial charge in [0.25, 0.3) is 0 Å². The summed E-state index contributed by atoms with van der Waals surface area (Å²) in [7, 11) is -3.28. The maximum atomic E-state index is 11.8. The van der Waals surface area contributed by atoms with E-state index in [0.29, 0.717) is 6.42 Å². The van der Waals surface area contributed by atoms with E-state index in [1.807, 2.05) is 20.8 Å². The van der Waals surface area contributed by atoms with E-state index in [1.54, 1.807) is 0 Å². The molecular formula is C11H23NO3S. The van der Waals surface area contributed by atoms with Gasteiger partial charge in [0.2, 0.25) is 10.0 Å². The molecule has 96 valence electrons. The summed E-state index contributed by atoms with van der Waals surface area (Å²) >= 11 is 0. The van der Waals surface area contributed by atoms with Crippen molar-refractivity contribution in [1.82, 2.24) is 4.72 Å². The van der Waals surface area contributed by atoms with Crippen LogP contribution >= 0.6 is 0 Å². The number of aliphatic hydroxyl groups is 1. The van der Waals surface area contributed by atoms with Crippen LogP contribution in [0, 0.1) is 5.41 Å². The van der Waals surface area contributed by atoms with Gasteiger partial charge in [-0.25, -0.2) is 13.1 Å². The van der Waals surface area contributed by atoms with Crippen LogP contribution < -0.4 is 4.72 Å². The van der Waals surface area contributed by atoms with Crippen molar-refractivity contribution in [2.45, 2.75) is 58.6 Å². The minimum absolute atomic E-state index is 0.100. The van der Waals surface area contributed by atoms with Crippen molar-refractivity contribution in [2.75, 3.05) is 5.75 Å². The van der Waals surface area contributed by atoms with E-state index in [-0.39, 0.29) is 17.2 Å². The molecule has 0 amide bonds. The van der Waals surface area contributed by atoms with E-state index in [9.17, 15) is 13.5 Å². The van der Waals surface area contributed by atoms with Gasteiger partial charge >= 0.3 is 0 Å². The molecule has 2 atom stereocenters. The zero-order chi connectivity index (χ0) is 12.4. The van der Waals surface area contributed by atoms with Crippen LogP contribution in [0.3, 0.4) is 0 Å². The number of nitrogens with one attached hydrogen (secondary N) is 1. The molecule has 1 fully saturated rings. The smallest absolute Gasteiger partial charge is 0.212 e. The average molecular weight is 249 g/mol. The number of sulfonamides is 1. The fourth-order valence-corrected chi connectivity index (χ4v) is 4.05. The molecular weight excluding hydrogens is 226 g/mol. The van der Waals surface area contributed by atoms with Gasteiger partial charge in [0, 0.05) is 6.04 Å². The molecule has 1 aliphatic carbocycles. The minimum Gasteiger partial charge on any atom is -0.391 e. The van der Waals surface area contributed by atoms with Crippen molar-refractivity contribution in [3.8, 4) is 0 Å². The van der Waals surface area contributed by atoms with Crippen molar-refractivity contribution in [2.24, 2.45) is 5.41 Å². The van der Waals surface area contributed by atoms with Gasteiger partial charge in [-0.3, -0.25) is 0 Å². The molecule has 5 heteroatoms. The van der Waals surface area contributed by atoms with Crippen LogP contribution in [-0.2, 0) is 10.0 Å². The molecule has 2 unspecified atom stereocenters. The first kappa shape index (κ1) is 13.9. The summed E-state index contributed by atoms with van der Waals surface area (Å²) in [5, 5.41) is 9.70. The third-order valence-corrected chi connectivity index (χ3v) is 4.59. The Balaban J connectivity index is 2.58. The lowest BCUT2D eigenvalue weighted by Crippen LogP contribution is -2.47. The van der Waals surface area contributed by atoms with Crippen molar-refractivity contribution in [1.29, 1.82) is 0 Å². The molecule has 0 aromatic rings. The molecule has 4 nitrogen and oxygen atoms in total. The monoisotopic (exact) mass is 249 g/mol. The summed E-state index contributed by atoms with van der Waals surface area (Å²) in [6.45, 7) is 5.68. The van der Waals surface area contributed by atoms with E-state index < -0.39 is 16.1 Å². The molecule has 0 bridgehead atoms. The second kappa shape index (κ2) is 5.02. The first-order valence-electron chi connectivity index (χ1n) is 5.88. The van der Waals surface area contributed by atoms with E-state index in [4.69, 9.17) is 0 Å². The Labute approximate surface area is 98.5 Å². The first-order chi connectivity index (χ1) is 7.20. The average Bonchev–Trinajstić information content (AvgIpc) is 2.04. The third kappa shape index (κ3) is 4.80. The highest BCUT2D eigenvalue weighted by Gasteiger charge is 2.29. The summed E-state index contributed by atoms with van der Waals surface area (Å²) in [5.74, 6) is 0.100. The maximum absolute atomic E-state index is 11.8. The van der Waals surface area contributed by atoms with Gasteiger partial charge in [-0.1, -0.05) is 33.6 Å². The van der Waals surface area contributed by atoms with Crippen molar-refractivity contribution in [3.05, 3.63) is 0 Å². The third-order valence-electron chi connectivity index (χ3n) is 2.68. The Morgan fingerprint density at radius 1 is 1.25 bits per heavy atom. The molecule has 0 saturated heterocycles. The molecule has 0 spiro atoms. The first-order valence-corrected chi connectivity index (χ1v) is 7.53. The van der Waals surface area contributed by atoms with Crippen LogP contribution in [0.15, 0.2) is 0 Å². The fourth-order valence-electron chi connectivity index (χ4n) is 2.09. The predicted octanol–water partition coefficient (Wildman–Crippen LogP) is 1.26. The number of hydrogen-bond donors (Lipinski definition) is 2. The Morgan fingerprint density at radius 2 is 1.81 bits per heavy atom. The van der Waals surface area contributed by atoms with Crippen LogP contribution in [0.25, 0.3) is 0 Å². The molecule has 0 heterocycles. The summed E-state index contributed by atoms with van der Waals surface area (Å²) in [6, 6.07) is -0.291. The summed E-state index contributed by atoms with van der Waals surface area (Å²) < 4.78 is 26.3. The van der Waals surface area contributed by atoms with E-state index >= 15 is 0 Å². The second-order valence-electron chi connectivity index (χ2n) is 5.90. The molecule has 0 aromatic carbocycles. The minimum atomic E-state index is -3.28. The molecule has 0 aromatic heterocycles. The zero-order valence-corrected chi connectivity index (χ0v) is 11.2. The molecule has 2 N–H and O–H groups in total. The summed E-state index contributed by atoms with van der Waals surface area (Å²) in [5.41, 5.74) is -0.258. The van der Waals surface area contributed by atoms with E-state index in [0.717, 1.165) is 19.3 Å². The lowest BCUT2D eigenvalue weighted by molar-refractivity contribution is 0.101. The molecule has 1 aliphatic rings. The van der Waals surface area contributed by atoms with Crippen LogP contribution in [0.1, 0.15) is 46.5 Å². The molecule has 1 saturated carbocycles. The van der Waals surface area contributed by atoms with Gasteiger partial charge in [-0.15, -0.1) is 0 Å². The molecule has 0 aliphatic heterocycles. The van der Waals surface area contributed by atoms with Crippen molar-refractivity contribution < 1.29 is 13.5 Å². The van der Waals surface area contributed by atoms with Crippen LogP contribution in [0.5, 0.6) is 0 Å². The number of rotatable bonds is 3. The largest absolute Gasteiger partial charge is 0.391 e. The molecule has 1 rings (SSSR count). The highest BCUT2D eigenvalue weighted by Crippen LogP contribution is 2.21. The van der Waals surface area contributed by atoms with Gasteiger partial charge in [0.15, 0.2) is 0 Å². The van der Waals surface area contributed by atoms with Gasteiger partial charge in [-0.2, -0.15) is 0 Å².